The van der Waals surface area contributed by atoms with Crippen molar-refractivity contribution >= 4 is 23.4 Å². The molecule has 144 valence electrons. The summed E-state index contributed by atoms with van der Waals surface area (Å²) in [5, 5.41) is 13.6. The van der Waals surface area contributed by atoms with Crippen LogP contribution in [0.1, 0.15) is 39.2 Å². The Labute approximate surface area is 160 Å². The summed E-state index contributed by atoms with van der Waals surface area (Å²) in [5.41, 5.74) is 0.415. The van der Waals surface area contributed by atoms with Crippen molar-refractivity contribution in [2.75, 3.05) is 13.7 Å². The molecule has 9 heteroatoms. The number of hydrogen-bond acceptors (Lipinski definition) is 6. The highest BCUT2D eigenvalue weighted by molar-refractivity contribution is 6.22. The maximum Gasteiger partial charge on any atom is 0.270 e. The summed E-state index contributed by atoms with van der Waals surface area (Å²) in [7, 11) is 1.52. The van der Waals surface area contributed by atoms with E-state index in [0.29, 0.717) is 5.75 Å². The maximum absolute atomic E-state index is 12.5. The van der Waals surface area contributed by atoms with Gasteiger partial charge in [0.25, 0.3) is 17.5 Å². The molecule has 1 aliphatic heterocycles. The molecule has 1 N–H and O–H groups in total. The van der Waals surface area contributed by atoms with Crippen molar-refractivity contribution in [3.8, 4) is 5.75 Å². The number of nitro groups is 1. The first-order chi connectivity index (χ1) is 13.3. The number of nitrogens with zero attached hydrogens (tertiary/aromatic N) is 2. The number of hydrogen-bond donors (Lipinski definition) is 1. The number of amides is 3. The Morgan fingerprint density at radius 2 is 1.86 bits per heavy atom. The van der Waals surface area contributed by atoms with Crippen molar-refractivity contribution in [3.05, 3.63) is 69.3 Å². The zero-order valence-electron chi connectivity index (χ0n) is 15.2. The third-order valence-electron chi connectivity index (χ3n) is 4.45. The van der Waals surface area contributed by atoms with Crippen LogP contribution < -0.4 is 10.1 Å². The summed E-state index contributed by atoms with van der Waals surface area (Å²) in [6, 6.07) is 10.2. The molecule has 0 saturated carbocycles. The van der Waals surface area contributed by atoms with Crippen LogP contribution in [0.4, 0.5) is 5.69 Å². The second kappa shape index (κ2) is 7.47. The molecular formula is C19H17N3O6. The molecule has 3 rings (SSSR count). The SMILES string of the molecule is COc1ccccc1C(C)NC(=O)CN1C(=O)c2ccc([N+](=O)[O-])cc2C1=O. The van der Waals surface area contributed by atoms with Crippen molar-refractivity contribution in [3.63, 3.8) is 0 Å². The van der Waals surface area contributed by atoms with Gasteiger partial charge in [-0.1, -0.05) is 18.2 Å². The van der Waals surface area contributed by atoms with E-state index in [1.54, 1.807) is 31.2 Å². The molecule has 9 nitrogen and oxygen atoms in total. The van der Waals surface area contributed by atoms with Gasteiger partial charge in [-0.05, 0) is 19.1 Å². The minimum Gasteiger partial charge on any atom is -0.496 e. The summed E-state index contributed by atoms with van der Waals surface area (Å²) in [5.74, 6) is -1.33. The Bertz CT molecular complexity index is 987. The Hall–Kier alpha value is -3.75. The largest absolute Gasteiger partial charge is 0.496 e. The van der Waals surface area contributed by atoms with E-state index in [1.807, 2.05) is 0 Å². The fraction of sp³-hybridized carbons (Fsp3) is 0.211. The lowest BCUT2D eigenvalue weighted by Crippen LogP contribution is -2.41. The van der Waals surface area contributed by atoms with E-state index in [2.05, 4.69) is 5.32 Å². The lowest BCUT2D eigenvalue weighted by Gasteiger charge is -2.19. The monoisotopic (exact) mass is 383 g/mol. The number of non-ortho nitro benzene ring substituents is 1. The lowest BCUT2D eigenvalue weighted by atomic mass is 10.1. The van der Waals surface area contributed by atoms with Gasteiger partial charge >= 0.3 is 0 Å². The van der Waals surface area contributed by atoms with Crippen molar-refractivity contribution in [1.29, 1.82) is 0 Å². The Kier molecular flexibility index (Phi) is 5.08. The molecule has 0 aliphatic carbocycles. The fourth-order valence-corrected chi connectivity index (χ4v) is 3.07. The van der Waals surface area contributed by atoms with Gasteiger partial charge in [-0.2, -0.15) is 0 Å². The van der Waals surface area contributed by atoms with Crippen LogP contribution in [-0.2, 0) is 4.79 Å². The average molecular weight is 383 g/mol. The Balaban J connectivity index is 1.73. The first-order valence-electron chi connectivity index (χ1n) is 8.40. The Morgan fingerprint density at radius 1 is 1.18 bits per heavy atom. The van der Waals surface area contributed by atoms with Crippen molar-refractivity contribution in [2.45, 2.75) is 13.0 Å². The topological polar surface area (TPSA) is 119 Å². The molecule has 3 amide bonds. The predicted octanol–water partition coefficient (Wildman–Crippen LogP) is 2.08. The number of benzene rings is 2. The molecule has 1 atom stereocenters. The standard InChI is InChI=1S/C19H17N3O6/c1-11(13-5-3-4-6-16(13)28-2)20-17(23)10-21-18(24)14-8-7-12(22(26)27)9-15(14)19(21)25/h3-9,11H,10H2,1-2H3,(H,20,23). The number of rotatable bonds is 6. The summed E-state index contributed by atoms with van der Waals surface area (Å²) in [6.07, 6.45) is 0. The molecule has 0 spiro atoms. The fourth-order valence-electron chi connectivity index (χ4n) is 3.07. The number of imide groups is 1. The summed E-state index contributed by atoms with van der Waals surface area (Å²) in [4.78, 5) is 48.3. The van der Waals surface area contributed by atoms with Gasteiger partial charge in [-0.25, -0.2) is 0 Å². The molecule has 2 aromatic rings. The van der Waals surface area contributed by atoms with Gasteiger partial charge in [0, 0.05) is 17.7 Å². The van der Waals surface area contributed by atoms with Gasteiger partial charge in [0.15, 0.2) is 0 Å². The van der Waals surface area contributed by atoms with Crippen LogP contribution in [0.3, 0.4) is 0 Å². The van der Waals surface area contributed by atoms with Crippen LogP contribution in [0.15, 0.2) is 42.5 Å². The highest BCUT2D eigenvalue weighted by atomic mass is 16.6. The number of fused-ring (bicyclic) bond motifs is 1. The molecule has 28 heavy (non-hydrogen) atoms. The number of nitro benzene ring substituents is 1. The Morgan fingerprint density at radius 3 is 2.54 bits per heavy atom. The van der Waals surface area contributed by atoms with Gasteiger partial charge in [0.2, 0.25) is 5.91 Å². The van der Waals surface area contributed by atoms with Crippen molar-refractivity contribution in [1.82, 2.24) is 10.2 Å². The van der Waals surface area contributed by atoms with Crippen LogP contribution >= 0.6 is 0 Å². The average Bonchev–Trinajstić information content (AvgIpc) is 2.92. The van der Waals surface area contributed by atoms with E-state index in [0.717, 1.165) is 22.6 Å². The van der Waals surface area contributed by atoms with Crippen LogP contribution in [0.2, 0.25) is 0 Å². The first-order valence-corrected chi connectivity index (χ1v) is 8.40. The number of carbonyl (C=O) groups excluding carboxylic acids is 3. The van der Waals surface area contributed by atoms with E-state index < -0.39 is 35.2 Å². The van der Waals surface area contributed by atoms with E-state index in [9.17, 15) is 24.5 Å². The van der Waals surface area contributed by atoms with Crippen LogP contribution in [-0.4, -0.2) is 41.2 Å². The third-order valence-corrected chi connectivity index (χ3v) is 4.45. The number of para-hydroxylation sites is 1. The zero-order chi connectivity index (χ0) is 20.4. The first kappa shape index (κ1) is 19.0. The molecule has 1 unspecified atom stereocenters. The molecule has 0 aromatic heterocycles. The number of nitrogens with one attached hydrogen (secondary N) is 1. The van der Waals surface area contributed by atoms with Crippen LogP contribution in [0.25, 0.3) is 0 Å². The van der Waals surface area contributed by atoms with Crippen LogP contribution in [0, 0.1) is 10.1 Å². The number of ether oxygens (including phenoxy) is 1. The molecule has 0 saturated heterocycles. The summed E-state index contributed by atoms with van der Waals surface area (Å²) < 4.78 is 5.26. The normalized spacial score (nSPS) is 13.9. The molecule has 0 radical (unpaired) electrons. The maximum atomic E-state index is 12.5. The van der Waals surface area contributed by atoms with Crippen molar-refractivity contribution < 1.29 is 24.0 Å². The highest BCUT2D eigenvalue weighted by Gasteiger charge is 2.38. The second-order valence-corrected chi connectivity index (χ2v) is 6.21. The highest BCUT2D eigenvalue weighted by Crippen LogP contribution is 2.27. The smallest absolute Gasteiger partial charge is 0.270 e. The number of carbonyl (C=O) groups is 3. The van der Waals surface area contributed by atoms with E-state index in [4.69, 9.17) is 4.74 Å². The van der Waals surface area contributed by atoms with E-state index in [-0.39, 0.29) is 16.8 Å². The molecule has 1 heterocycles. The van der Waals surface area contributed by atoms with E-state index in [1.165, 1.54) is 13.2 Å². The van der Waals surface area contributed by atoms with Crippen molar-refractivity contribution in [2.24, 2.45) is 0 Å². The molecule has 2 aromatic carbocycles. The minimum atomic E-state index is -0.733. The molecule has 0 bridgehead atoms. The summed E-state index contributed by atoms with van der Waals surface area (Å²) in [6.45, 7) is 1.27. The van der Waals surface area contributed by atoms with Crippen LogP contribution in [0.5, 0.6) is 5.75 Å². The minimum absolute atomic E-state index is 0.0428. The molecular weight excluding hydrogens is 366 g/mol. The van der Waals surface area contributed by atoms with Gasteiger partial charge < -0.3 is 10.1 Å². The zero-order valence-corrected chi connectivity index (χ0v) is 15.2. The second-order valence-electron chi connectivity index (χ2n) is 6.21. The lowest BCUT2D eigenvalue weighted by molar-refractivity contribution is -0.384. The third kappa shape index (κ3) is 3.41. The van der Waals surface area contributed by atoms with E-state index >= 15 is 0 Å². The van der Waals surface area contributed by atoms with Gasteiger partial charge in [-0.3, -0.25) is 29.4 Å². The predicted molar refractivity (Wildman–Crippen MR) is 98.0 cm³/mol. The van der Waals surface area contributed by atoms with Gasteiger partial charge in [0.1, 0.15) is 12.3 Å². The quantitative estimate of drug-likeness (QED) is 0.463. The number of methoxy groups -OCH3 is 1. The molecule has 0 fully saturated rings. The summed E-state index contributed by atoms with van der Waals surface area (Å²) >= 11 is 0. The molecule has 1 aliphatic rings. The van der Waals surface area contributed by atoms with Gasteiger partial charge in [-0.15, -0.1) is 0 Å². The van der Waals surface area contributed by atoms with Gasteiger partial charge in [0.05, 0.1) is 29.2 Å².